The number of carboxylic acid groups (broad SMARTS) is 1. The monoisotopic (exact) mass is 407 g/mol. The molecule has 3 aromatic rings. The van der Waals surface area contributed by atoms with Crippen LogP contribution in [0.5, 0.6) is 0 Å². The molecule has 0 saturated carbocycles. The fourth-order valence-corrected chi connectivity index (χ4v) is 2.57. The summed E-state index contributed by atoms with van der Waals surface area (Å²) >= 11 is 0. The Bertz CT molecular complexity index is 999. The van der Waals surface area contributed by atoms with E-state index in [0.29, 0.717) is 5.56 Å². The van der Waals surface area contributed by atoms with Crippen LogP contribution in [-0.2, 0) is 17.5 Å². The Morgan fingerprint density at radius 3 is 2.54 bits per heavy atom. The first-order chi connectivity index (χ1) is 12.2. The van der Waals surface area contributed by atoms with Crippen molar-refractivity contribution in [3.8, 4) is 11.1 Å². The van der Waals surface area contributed by atoms with Crippen LogP contribution in [0, 0.1) is 0 Å². The number of halogens is 3. The fraction of sp³-hybridized carbons (Fsp3) is 0.188. The van der Waals surface area contributed by atoms with Crippen molar-refractivity contribution in [2.75, 3.05) is 0 Å². The van der Waals surface area contributed by atoms with Gasteiger partial charge >= 0.3 is 41.7 Å². The van der Waals surface area contributed by atoms with Crippen LogP contribution in [0.3, 0.4) is 0 Å². The van der Waals surface area contributed by atoms with Gasteiger partial charge in [-0.1, -0.05) is 0 Å². The summed E-state index contributed by atoms with van der Waals surface area (Å²) in [6.07, 6.45) is -1.21. The van der Waals surface area contributed by atoms with Crippen molar-refractivity contribution >= 4 is 17.5 Å². The Morgan fingerprint density at radius 2 is 2.04 bits per heavy atom. The fourth-order valence-electron chi connectivity index (χ4n) is 2.57. The molecule has 0 unspecified atom stereocenters. The van der Waals surface area contributed by atoms with Gasteiger partial charge in [-0.2, -0.15) is 13.2 Å². The third-order valence-corrected chi connectivity index (χ3v) is 3.70. The first-order valence-corrected chi connectivity index (χ1v) is 7.31. The number of amides is 1. The molecule has 3 N–H and O–H groups in total. The zero-order chi connectivity index (χ0) is 19.1. The smallest absolute Gasteiger partial charge is 0.870 e. The quantitative estimate of drug-likeness (QED) is 0.576. The molecule has 3 aromatic heterocycles. The van der Waals surface area contributed by atoms with E-state index in [1.165, 1.54) is 25.5 Å². The minimum Gasteiger partial charge on any atom is -0.870 e. The molecule has 0 atom stereocenters. The summed E-state index contributed by atoms with van der Waals surface area (Å²) in [6, 6.07) is 2.34. The number of aromatic carboxylic acids is 1. The van der Waals surface area contributed by atoms with Crippen LogP contribution >= 0.6 is 0 Å². The second kappa shape index (κ2) is 8.78. The Labute approximate surface area is 178 Å². The number of alkyl halides is 3. The molecular weight excluding hydrogens is 394 g/mol. The number of pyridine rings is 1. The van der Waals surface area contributed by atoms with Crippen LogP contribution in [0.1, 0.15) is 28.7 Å². The number of carbonyl (C=O) groups excluding carboxylic acids is 1. The number of furan rings is 1. The molecule has 0 spiro atoms. The zero-order valence-corrected chi connectivity index (χ0v) is 16.7. The van der Waals surface area contributed by atoms with E-state index >= 15 is 0 Å². The molecule has 0 aliphatic rings. The maximum atomic E-state index is 13.5. The van der Waals surface area contributed by atoms with Crippen LogP contribution < -0.4 is 34.9 Å². The first kappa shape index (κ1) is 23.7. The SMILES string of the molecule is CC(=O)NCc1c(-c2ccoc2)cc(C(F)(F)F)c2nc(C(=O)O)cn12.[Na+].[OH-]. The molecule has 0 aromatic carbocycles. The largest absolute Gasteiger partial charge is 1.00 e. The number of carbonyl (C=O) groups is 2. The number of nitrogens with one attached hydrogen (secondary N) is 1. The van der Waals surface area contributed by atoms with E-state index in [2.05, 4.69) is 10.3 Å². The average Bonchev–Trinajstić information content (AvgIpc) is 3.19. The minimum absolute atomic E-state index is 0. The van der Waals surface area contributed by atoms with Crippen molar-refractivity contribution in [3.05, 3.63) is 47.8 Å². The van der Waals surface area contributed by atoms with E-state index in [1.807, 2.05) is 0 Å². The van der Waals surface area contributed by atoms with Gasteiger partial charge in [0.05, 0.1) is 30.3 Å². The van der Waals surface area contributed by atoms with Crippen molar-refractivity contribution in [1.82, 2.24) is 14.7 Å². The molecule has 0 radical (unpaired) electrons. The normalized spacial score (nSPS) is 10.9. The van der Waals surface area contributed by atoms with Crippen molar-refractivity contribution in [2.24, 2.45) is 0 Å². The first-order valence-electron chi connectivity index (χ1n) is 7.31. The zero-order valence-electron chi connectivity index (χ0n) is 14.7. The summed E-state index contributed by atoms with van der Waals surface area (Å²) in [5.41, 5.74) is -1.45. The summed E-state index contributed by atoms with van der Waals surface area (Å²) in [6.45, 7) is 1.13. The number of hydrogen-bond donors (Lipinski definition) is 2. The van der Waals surface area contributed by atoms with E-state index in [9.17, 15) is 22.8 Å². The molecule has 0 bridgehead atoms. The number of rotatable bonds is 4. The third-order valence-electron chi connectivity index (χ3n) is 3.70. The Morgan fingerprint density at radius 1 is 1.36 bits per heavy atom. The van der Waals surface area contributed by atoms with E-state index in [4.69, 9.17) is 9.52 Å². The second-order valence-corrected chi connectivity index (χ2v) is 5.46. The number of imidazole rings is 1. The Hall–Kier alpha value is -2.34. The van der Waals surface area contributed by atoms with Crippen molar-refractivity contribution < 1.29 is 67.3 Å². The summed E-state index contributed by atoms with van der Waals surface area (Å²) in [4.78, 5) is 26.0. The van der Waals surface area contributed by atoms with E-state index < -0.39 is 35.0 Å². The van der Waals surface area contributed by atoms with Gasteiger partial charge in [0.2, 0.25) is 5.91 Å². The van der Waals surface area contributed by atoms with Crippen LogP contribution in [-0.4, -0.2) is 31.8 Å². The molecule has 1 amide bonds. The predicted octanol–water partition coefficient (Wildman–Crippen LogP) is -0.225. The van der Waals surface area contributed by atoms with Crippen LogP contribution in [0.2, 0.25) is 0 Å². The molecule has 28 heavy (non-hydrogen) atoms. The van der Waals surface area contributed by atoms with Gasteiger partial charge in [0.25, 0.3) is 0 Å². The molecular formula is C16H13F3N3NaO5. The van der Waals surface area contributed by atoms with Gasteiger partial charge in [0, 0.05) is 24.2 Å². The summed E-state index contributed by atoms with van der Waals surface area (Å²) in [7, 11) is 0. The third kappa shape index (κ3) is 4.55. The molecule has 144 valence electrons. The van der Waals surface area contributed by atoms with Gasteiger partial charge in [-0.3, -0.25) is 4.79 Å². The van der Waals surface area contributed by atoms with E-state index in [1.54, 1.807) is 0 Å². The van der Waals surface area contributed by atoms with Crippen molar-refractivity contribution in [2.45, 2.75) is 19.6 Å². The van der Waals surface area contributed by atoms with Crippen LogP contribution in [0.15, 0.2) is 35.3 Å². The minimum atomic E-state index is -4.76. The van der Waals surface area contributed by atoms with E-state index in [0.717, 1.165) is 16.7 Å². The number of carboxylic acids is 1. The summed E-state index contributed by atoms with van der Waals surface area (Å²) in [5, 5.41) is 11.6. The van der Waals surface area contributed by atoms with Crippen LogP contribution in [0.25, 0.3) is 16.8 Å². The molecule has 3 heterocycles. The number of nitrogens with zero attached hydrogens (tertiary/aromatic N) is 2. The van der Waals surface area contributed by atoms with Crippen molar-refractivity contribution in [3.63, 3.8) is 0 Å². The maximum absolute atomic E-state index is 13.5. The number of aromatic nitrogens is 2. The molecule has 3 rings (SSSR count). The summed E-state index contributed by atoms with van der Waals surface area (Å²) in [5.74, 6) is -1.85. The van der Waals surface area contributed by atoms with Gasteiger partial charge < -0.3 is 24.7 Å². The van der Waals surface area contributed by atoms with Crippen molar-refractivity contribution in [1.29, 1.82) is 0 Å². The van der Waals surface area contributed by atoms with Gasteiger partial charge in [0.15, 0.2) is 5.69 Å². The standard InChI is InChI=1S/C16H12F3N3O4.Na.H2O/c1-8(23)20-5-13-10(9-2-3-26-7-9)4-11(16(17,18)19)14-21-12(15(24)25)6-22(13)14;;/h2-4,6-7H,5H2,1H3,(H,20,23)(H,24,25);;1H2/q;+1;/p-1. The molecule has 0 aliphatic carbocycles. The Balaban J connectivity index is 0.00000196. The van der Waals surface area contributed by atoms with E-state index in [-0.39, 0.29) is 52.8 Å². The summed E-state index contributed by atoms with van der Waals surface area (Å²) < 4.78 is 46.5. The predicted molar refractivity (Wildman–Crippen MR) is 84.3 cm³/mol. The van der Waals surface area contributed by atoms with Gasteiger partial charge in [0.1, 0.15) is 5.65 Å². The maximum Gasteiger partial charge on any atom is 1.00 e. The average molecular weight is 407 g/mol. The molecule has 12 heteroatoms. The second-order valence-electron chi connectivity index (χ2n) is 5.46. The van der Waals surface area contributed by atoms with Crippen LogP contribution in [0.4, 0.5) is 13.2 Å². The van der Waals surface area contributed by atoms with Gasteiger partial charge in [-0.15, -0.1) is 0 Å². The molecule has 0 saturated heterocycles. The Kier molecular flexibility index (Phi) is 7.43. The van der Waals surface area contributed by atoms with Gasteiger partial charge in [-0.05, 0) is 12.1 Å². The molecule has 8 nitrogen and oxygen atoms in total. The molecule has 0 fully saturated rings. The van der Waals surface area contributed by atoms with Gasteiger partial charge in [-0.25, -0.2) is 9.78 Å². The molecule has 0 aliphatic heterocycles. The number of fused-ring (bicyclic) bond motifs is 1. The topological polar surface area (TPSA) is 127 Å². The number of hydrogen-bond acceptors (Lipinski definition) is 5.